The van der Waals surface area contributed by atoms with Gasteiger partial charge in [-0.15, -0.1) is 0 Å². The van der Waals surface area contributed by atoms with E-state index in [0.717, 1.165) is 22.7 Å². The van der Waals surface area contributed by atoms with Gasteiger partial charge in [0.25, 0.3) is 0 Å². The number of hydrogen-bond acceptors (Lipinski definition) is 3. The summed E-state index contributed by atoms with van der Waals surface area (Å²) in [6.45, 7) is 0. The van der Waals surface area contributed by atoms with E-state index in [1.165, 1.54) is 32.0 Å². The van der Waals surface area contributed by atoms with Gasteiger partial charge in [0, 0.05) is 32.0 Å². The number of nitrogens with two attached hydrogens (primary N) is 1. The Labute approximate surface area is 208 Å². The molecule has 0 saturated carbocycles. The molecule has 168 valence electrons. The van der Waals surface area contributed by atoms with Gasteiger partial charge in [0.1, 0.15) is 5.84 Å². The third-order valence-electron chi connectivity index (χ3n) is 7.01. The van der Waals surface area contributed by atoms with Crippen LogP contribution in [0.2, 0.25) is 5.02 Å². The van der Waals surface area contributed by atoms with Crippen LogP contribution in [0.25, 0.3) is 0 Å². The topological polar surface area (TPSA) is 61.9 Å². The molecule has 4 aromatic carbocycles. The monoisotopic (exact) mass is 481 g/mol. The van der Waals surface area contributed by atoms with E-state index in [2.05, 4.69) is 78.1 Å². The predicted octanol–water partition coefficient (Wildman–Crippen LogP) is 7.25. The van der Waals surface area contributed by atoms with Crippen molar-refractivity contribution < 1.29 is 0 Å². The zero-order valence-electron chi connectivity index (χ0n) is 18.5. The van der Waals surface area contributed by atoms with Gasteiger partial charge < -0.3 is 11.1 Å². The molecule has 0 amide bonds. The number of halogens is 1. The number of nitrogens with one attached hydrogen (secondary N) is 2. The molecule has 34 heavy (non-hydrogen) atoms. The molecular weight excluding hydrogens is 458 g/mol. The van der Waals surface area contributed by atoms with E-state index < -0.39 is 0 Å². The summed E-state index contributed by atoms with van der Waals surface area (Å²) in [6, 6.07) is 31.8. The van der Waals surface area contributed by atoms with Crippen LogP contribution < -0.4 is 11.1 Å². The minimum Gasteiger partial charge on any atom is -0.384 e. The van der Waals surface area contributed by atoms with Gasteiger partial charge in [-0.1, -0.05) is 65.8 Å². The zero-order chi connectivity index (χ0) is 23.2. The summed E-state index contributed by atoms with van der Waals surface area (Å²) in [4.78, 5) is 2.42. The Morgan fingerprint density at radius 2 is 1.62 bits per heavy atom. The van der Waals surface area contributed by atoms with Gasteiger partial charge in [0.15, 0.2) is 0 Å². The van der Waals surface area contributed by atoms with Crippen LogP contribution in [0.5, 0.6) is 0 Å². The molecular formula is C29H24ClN3S. The van der Waals surface area contributed by atoms with Crippen molar-refractivity contribution in [2.24, 2.45) is 11.7 Å². The summed E-state index contributed by atoms with van der Waals surface area (Å²) in [5.74, 6) is 0.752. The Bertz CT molecular complexity index is 1400. The maximum Gasteiger partial charge on any atom is 0.122 e. The lowest BCUT2D eigenvalue weighted by Gasteiger charge is -2.39. The van der Waals surface area contributed by atoms with E-state index in [4.69, 9.17) is 22.7 Å². The lowest BCUT2D eigenvalue weighted by molar-refractivity contribution is 0.417. The van der Waals surface area contributed by atoms with Crippen LogP contribution in [0, 0.1) is 11.3 Å². The van der Waals surface area contributed by atoms with Crippen molar-refractivity contribution in [3.05, 3.63) is 124 Å². The molecule has 0 spiro atoms. The van der Waals surface area contributed by atoms with Gasteiger partial charge in [-0.05, 0) is 83.1 Å². The molecule has 1 aliphatic carbocycles. The molecule has 3 unspecified atom stereocenters. The molecule has 1 aliphatic heterocycles. The molecule has 1 heterocycles. The lowest BCUT2D eigenvalue weighted by Crippen LogP contribution is -2.31. The average Bonchev–Trinajstić information content (AvgIpc) is 3.25. The van der Waals surface area contributed by atoms with Gasteiger partial charge in [0.05, 0.1) is 6.04 Å². The smallest absolute Gasteiger partial charge is 0.122 e. The Morgan fingerprint density at radius 1 is 0.882 bits per heavy atom. The Morgan fingerprint density at radius 3 is 2.41 bits per heavy atom. The number of hydrogen-bond donors (Lipinski definition) is 3. The molecule has 0 radical (unpaired) electrons. The van der Waals surface area contributed by atoms with Crippen molar-refractivity contribution >= 4 is 34.9 Å². The molecule has 2 aliphatic rings. The van der Waals surface area contributed by atoms with E-state index in [-0.39, 0.29) is 17.8 Å². The van der Waals surface area contributed by atoms with Crippen LogP contribution in [0.4, 0.5) is 5.69 Å². The summed E-state index contributed by atoms with van der Waals surface area (Å²) < 4.78 is 0. The Hall–Kier alpha value is -3.21. The van der Waals surface area contributed by atoms with E-state index in [1.54, 1.807) is 11.8 Å². The van der Waals surface area contributed by atoms with E-state index in [9.17, 15) is 0 Å². The molecule has 0 fully saturated rings. The van der Waals surface area contributed by atoms with Crippen LogP contribution in [0.1, 0.15) is 39.8 Å². The fraction of sp³-hybridized carbons (Fsp3) is 0.138. The van der Waals surface area contributed by atoms with Crippen molar-refractivity contribution in [3.63, 3.8) is 0 Å². The van der Waals surface area contributed by atoms with Crippen LogP contribution in [-0.4, -0.2) is 5.84 Å². The van der Waals surface area contributed by atoms with Crippen molar-refractivity contribution in [1.29, 1.82) is 5.41 Å². The predicted molar refractivity (Wildman–Crippen MR) is 141 cm³/mol. The first-order valence-corrected chi connectivity index (χ1v) is 12.6. The summed E-state index contributed by atoms with van der Waals surface area (Å²) in [5.41, 5.74) is 13.1. The van der Waals surface area contributed by atoms with Gasteiger partial charge in [-0.2, -0.15) is 0 Å². The number of nitrogen functional groups attached to an aromatic ring is 1. The molecule has 0 saturated heterocycles. The third kappa shape index (κ3) is 3.67. The highest BCUT2D eigenvalue weighted by Gasteiger charge is 2.43. The van der Waals surface area contributed by atoms with Gasteiger partial charge in [-0.25, -0.2) is 0 Å². The Kier molecular flexibility index (Phi) is 5.35. The largest absolute Gasteiger partial charge is 0.384 e. The van der Waals surface area contributed by atoms with Gasteiger partial charge >= 0.3 is 0 Å². The molecule has 3 atom stereocenters. The van der Waals surface area contributed by atoms with Crippen molar-refractivity contribution in [2.75, 3.05) is 5.32 Å². The normalized spacial score (nSPS) is 20.1. The van der Waals surface area contributed by atoms with Crippen LogP contribution in [0.15, 0.2) is 101 Å². The van der Waals surface area contributed by atoms with Crippen LogP contribution in [-0.2, 0) is 6.42 Å². The lowest BCUT2D eigenvalue weighted by atomic mass is 9.75. The highest BCUT2D eigenvalue weighted by molar-refractivity contribution is 7.99. The highest BCUT2D eigenvalue weighted by atomic mass is 35.5. The molecule has 4 aromatic rings. The summed E-state index contributed by atoms with van der Waals surface area (Å²) >= 11 is 7.89. The second-order valence-electron chi connectivity index (χ2n) is 8.98. The molecule has 3 nitrogen and oxygen atoms in total. The van der Waals surface area contributed by atoms with Crippen molar-refractivity contribution in [1.82, 2.24) is 0 Å². The standard InChI is InChI=1S/C29H24ClN3S/c30-19-10-12-20(13-11-19)34-26-8-4-3-7-22(26)28-24-15-17-5-1-2-6-21(17)27(24)23-16-18(29(31)32)9-14-25(23)33-28/h1-14,16,24,27-28,33H,15H2,(H3,31,32). The SMILES string of the molecule is N=C(N)c1ccc2c(c1)C1c3ccccc3CC1C(c1ccccc1Sc1ccc(Cl)cc1)N2. The van der Waals surface area contributed by atoms with Crippen LogP contribution in [0.3, 0.4) is 0 Å². The fourth-order valence-electron chi connectivity index (χ4n) is 5.50. The van der Waals surface area contributed by atoms with Gasteiger partial charge in [0.2, 0.25) is 0 Å². The molecule has 0 aromatic heterocycles. The van der Waals surface area contributed by atoms with E-state index >= 15 is 0 Å². The first-order chi connectivity index (χ1) is 16.6. The zero-order valence-corrected chi connectivity index (χ0v) is 20.0. The number of anilines is 1. The maximum atomic E-state index is 7.96. The maximum absolute atomic E-state index is 7.96. The summed E-state index contributed by atoms with van der Waals surface area (Å²) in [6.07, 6.45) is 1.02. The number of fused-ring (bicyclic) bond motifs is 5. The van der Waals surface area contributed by atoms with E-state index in [0.29, 0.717) is 5.92 Å². The summed E-state index contributed by atoms with van der Waals surface area (Å²) in [5, 5.41) is 12.6. The highest BCUT2D eigenvalue weighted by Crippen LogP contribution is 2.55. The van der Waals surface area contributed by atoms with Crippen molar-refractivity contribution in [2.45, 2.75) is 28.2 Å². The second kappa shape index (κ2) is 8.53. The Balaban J connectivity index is 1.46. The third-order valence-corrected chi connectivity index (χ3v) is 8.36. The van der Waals surface area contributed by atoms with Crippen molar-refractivity contribution in [3.8, 4) is 0 Å². The molecule has 5 heteroatoms. The first kappa shape index (κ1) is 21.3. The number of amidine groups is 1. The molecule has 4 N–H and O–H groups in total. The number of rotatable bonds is 4. The van der Waals surface area contributed by atoms with Gasteiger partial charge in [-0.3, -0.25) is 5.41 Å². The fourth-order valence-corrected chi connectivity index (χ4v) is 6.61. The quantitative estimate of drug-likeness (QED) is 0.212. The van der Waals surface area contributed by atoms with Crippen LogP contribution >= 0.6 is 23.4 Å². The summed E-state index contributed by atoms with van der Waals surface area (Å²) in [7, 11) is 0. The first-order valence-electron chi connectivity index (χ1n) is 11.4. The molecule has 6 rings (SSSR count). The second-order valence-corrected chi connectivity index (χ2v) is 10.5. The van der Waals surface area contributed by atoms with E-state index in [1.807, 2.05) is 18.2 Å². The average molecular weight is 482 g/mol. The minimum atomic E-state index is 0.109. The number of benzene rings is 4. The molecule has 0 bridgehead atoms. The minimum absolute atomic E-state index is 0.109.